The normalized spacial score (nSPS) is 47.2. The Balaban J connectivity index is 1.59. The molecule has 16 heavy (non-hydrogen) atoms. The largest absolute Gasteiger partial charge is 0.390 e. The third-order valence-corrected chi connectivity index (χ3v) is 5.09. The number of hydrogen-bond donors (Lipinski definition) is 3. The molecule has 0 spiro atoms. The van der Waals surface area contributed by atoms with E-state index in [1.54, 1.807) is 0 Å². The number of nitrogens with one attached hydrogen (secondary N) is 1. The summed E-state index contributed by atoms with van der Waals surface area (Å²) in [6, 6.07) is 0.675. The first-order chi connectivity index (χ1) is 7.76. The lowest BCUT2D eigenvalue weighted by atomic mass is 9.54. The molecule has 1 unspecified atom stereocenters. The summed E-state index contributed by atoms with van der Waals surface area (Å²) in [4.78, 5) is 0. The van der Waals surface area contributed by atoms with Gasteiger partial charge in [-0.25, -0.2) is 0 Å². The van der Waals surface area contributed by atoms with Gasteiger partial charge in [0.2, 0.25) is 0 Å². The standard InChI is InChI=1S/C13H24N2O/c14-6-12(16)7-15-13-10-2-8-1-9(4-10)5-11(13)3-8/h8-13,15-16H,1-7,14H2. The molecule has 0 aromatic heterocycles. The maximum atomic E-state index is 9.53. The van der Waals surface area contributed by atoms with Gasteiger partial charge in [0.05, 0.1) is 6.10 Å². The van der Waals surface area contributed by atoms with Crippen molar-refractivity contribution >= 4 is 0 Å². The number of rotatable bonds is 4. The van der Waals surface area contributed by atoms with Crippen molar-refractivity contribution in [2.24, 2.45) is 29.4 Å². The first kappa shape index (κ1) is 11.0. The highest BCUT2D eigenvalue weighted by atomic mass is 16.3. The van der Waals surface area contributed by atoms with Crippen molar-refractivity contribution < 1.29 is 5.11 Å². The minimum atomic E-state index is -0.364. The molecule has 0 aliphatic heterocycles. The van der Waals surface area contributed by atoms with Crippen LogP contribution in [-0.4, -0.2) is 30.3 Å². The van der Waals surface area contributed by atoms with Crippen LogP contribution in [-0.2, 0) is 0 Å². The molecule has 4 saturated carbocycles. The van der Waals surface area contributed by atoms with E-state index in [0.29, 0.717) is 19.1 Å². The summed E-state index contributed by atoms with van der Waals surface area (Å²) in [5, 5.41) is 13.1. The topological polar surface area (TPSA) is 58.3 Å². The maximum absolute atomic E-state index is 9.53. The molecule has 1 atom stereocenters. The molecule has 0 amide bonds. The van der Waals surface area contributed by atoms with Crippen molar-refractivity contribution in [2.75, 3.05) is 13.1 Å². The van der Waals surface area contributed by atoms with Gasteiger partial charge in [-0.2, -0.15) is 0 Å². The van der Waals surface area contributed by atoms with Gasteiger partial charge in [-0.3, -0.25) is 0 Å². The van der Waals surface area contributed by atoms with Crippen molar-refractivity contribution in [1.82, 2.24) is 5.32 Å². The molecule has 0 aromatic rings. The lowest BCUT2D eigenvalue weighted by Crippen LogP contribution is -2.55. The molecule has 4 bridgehead atoms. The monoisotopic (exact) mass is 224 g/mol. The number of nitrogens with two attached hydrogens (primary N) is 1. The van der Waals surface area contributed by atoms with Crippen LogP contribution in [0.1, 0.15) is 32.1 Å². The number of aliphatic hydroxyl groups is 1. The highest BCUT2D eigenvalue weighted by Crippen LogP contribution is 2.53. The highest BCUT2D eigenvalue weighted by Gasteiger charge is 2.47. The van der Waals surface area contributed by atoms with Crippen LogP contribution in [0.15, 0.2) is 0 Å². The van der Waals surface area contributed by atoms with E-state index < -0.39 is 0 Å². The summed E-state index contributed by atoms with van der Waals surface area (Å²) in [6.07, 6.45) is 6.88. The van der Waals surface area contributed by atoms with E-state index in [4.69, 9.17) is 5.73 Å². The molecule has 0 heterocycles. The van der Waals surface area contributed by atoms with Crippen LogP contribution in [0.25, 0.3) is 0 Å². The Morgan fingerprint density at radius 3 is 2.12 bits per heavy atom. The van der Waals surface area contributed by atoms with E-state index in [1.807, 2.05) is 0 Å². The van der Waals surface area contributed by atoms with E-state index in [9.17, 15) is 5.11 Å². The highest BCUT2D eigenvalue weighted by molar-refractivity contribution is 5.01. The molecule has 3 nitrogen and oxygen atoms in total. The van der Waals surface area contributed by atoms with Crippen molar-refractivity contribution in [3.8, 4) is 0 Å². The zero-order valence-electron chi connectivity index (χ0n) is 9.94. The van der Waals surface area contributed by atoms with Crippen LogP contribution in [0.4, 0.5) is 0 Å². The molecular weight excluding hydrogens is 200 g/mol. The number of hydrogen-bond acceptors (Lipinski definition) is 3. The molecule has 4 aliphatic carbocycles. The average molecular weight is 224 g/mol. The summed E-state index contributed by atoms with van der Waals surface area (Å²) in [6.45, 7) is 1.06. The first-order valence-electron chi connectivity index (χ1n) is 6.87. The molecular formula is C13H24N2O. The molecule has 0 radical (unpaired) electrons. The van der Waals surface area contributed by atoms with Gasteiger partial charge in [0, 0.05) is 19.1 Å². The minimum Gasteiger partial charge on any atom is -0.390 e. The van der Waals surface area contributed by atoms with E-state index >= 15 is 0 Å². The third-order valence-electron chi connectivity index (χ3n) is 5.09. The minimum absolute atomic E-state index is 0.364. The first-order valence-corrected chi connectivity index (χ1v) is 6.87. The molecule has 92 valence electrons. The van der Waals surface area contributed by atoms with E-state index in [0.717, 1.165) is 23.7 Å². The van der Waals surface area contributed by atoms with Gasteiger partial charge < -0.3 is 16.2 Å². The van der Waals surface area contributed by atoms with Gasteiger partial charge in [0.25, 0.3) is 0 Å². The van der Waals surface area contributed by atoms with Crippen molar-refractivity contribution in [1.29, 1.82) is 0 Å². The van der Waals surface area contributed by atoms with Crippen molar-refractivity contribution in [3.63, 3.8) is 0 Å². The molecule has 4 N–H and O–H groups in total. The van der Waals surface area contributed by atoms with Crippen LogP contribution in [0.5, 0.6) is 0 Å². The van der Waals surface area contributed by atoms with Crippen LogP contribution < -0.4 is 11.1 Å². The second-order valence-corrected chi connectivity index (χ2v) is 6.25. The van der Waals surface area contributed by atoms with Gasteiger partial charge in [-0.15, -0.1) is 0 Å². The Labute approximate surface area is 97.8 Å². The summed E-state index contributed by atoms with van der Waals surface area (Å²) in [5.41, 5.74) is 5.44. The lowest BCUT2D eigenvalue weighted by molar-refractivity contribution is -0.0170. The lowest BCUT2D eigenvalue weighted by Gasteiger charge is -2.54. The second kappa shape index (κ2) is 4.28. The quantitative estimate of drug-likeness (QED) is 0.659. The fourth-order valence-electron chi connectivity index (χ4n) is 4.61. The Morgan fingerprint density at radius 2 is 1.62 bits per heavy atom. The van der Waals surface area contributed by atoms with E-state index in [-0.39, 0.29) is 6.10 Å². The van der Waals surface area contributed by atoms with Gasteiger partial charge in [-0.05, 0) is 55.8 Å². The summed E-state index contributed by atoms with van der Waals surface area (Å²) < 4.78 is 0. The smallest absolute Gasteiger partial charge is 0.0786 e. The SMILES string of the molecule is NCC(O)CNC1C2CC3CC(C2)CC1C3. The van der Waals surface area contributed by atoms with Crippen LogP contribution in [0, 0.1) is 23.7 Å². The number of aliphatic hydroxyl groups excluding tert-OH is 1. The Bertz CT molecular complexity index is 228. The fourth-order valence-corrected chi connectivity index (χ4v) is 4.61. The van der Waals surface area contributed by atoms with Gasteiger partial charge >= 0.3 is 0 Å². The fraction of sp³-hybridized carbons (Fsp3) is 1.00. The Morgan fingerprint density at radius 1 is 1.06 bits per heavy atom. The Kier molecular flexibility index (Phi) is 2.94. The van der Waals surface area contributed by atoms with Crippen LogP contribution >= 0.6 is 0 Å². The predicted octanol–water partition coefficient (Wildman–Crippen LogP) is 0.720. The van der Waals surface area contributed by atoms with Crippen LogP contribution in [0.3, 0.4) is 0 Å². The average Bonchev–Trinajstić information content (AvgIpc) is 2.26. The zero-order valence-corrected chi connectivity index (χ0v) is 9.94. The molecule has 0 aromatic carbocycles. The molecule has 3 heteroatoms. The molecule has 4 aliphatic rings. The zero-order chi connectivity index (χ0) is 11.1. The molecule has 4 fully saturated rings. The van der Waals surface area contributed by atoms with Gasteiger partial charge in [0.1, 0.15) is 0 Å². The second-order valence-electron chi connectivity index (χ2n) is 6.25. The summed E-state index contributed by atoms with van der Waals surface area (Å²) >= 11 is 0. The van der Waals surface area contributed by atoms with Crippen LogP contribution in [0.2, 0.25) is 0 Å². The van der Waals surface area contributed by atoms with Gasteiger partial charge in [-0.1, -0.05) is 0 Å². The Hall–Kier alpha value is -0.120. The predicted molar refractivity (Wildman–Crippen MR) is 63.9 cm³/mol. The maximum Gasteiger partial charge on any atom is 0.0786 e. The van der Waals surface area contributed by atoms with Crippen molar-refractivity contribution in [3.05, 3.63) is 0 Å². The summed E-state index contributed by atoms with van der Waals surface area (Å²) in [5.74, 6) is 3.84. The van der Waals surface area contributed by atoms with E-state index in [2.05, 4.69) is 5.32 Å². The molecule has 0 saturated heterocycles. The van der Waals surface area contributed by atoms with Gasteiger partial charge in [0.15, 0.2) is 0 Å². The van der Waals surface area contributed by atoms with E-state index in [1.165, 1.54) is 32.1 Å². The molecule has 4 rings (SSSR count). The third kappa shape index (κ3) is 1.89. The summed E-state index contributed by atoms with van der Waals surface area (Å²) in [7, 11) is 0. The van der Waals surface area contributed by atoms with Crippen molar-refractivity contribution in [2.45, 2.75) is 44.2 Å².